The van der Waals surface area contributed by atoms with E-state index in [0.717, 1.165) is 25.8 Å². The van der Waals surface area contributed by atoms with Gasteiger partial charge in [0.25, 0.3) is 0 Å². The topological polar surface area (TPSA) is 55.1 Å². The van der Waals surface area contributed by atoms with Crippen molar-refractivity contribution in [1.82, 2.24) is 5.32 Å². The van der Waals surface area contributed by atoms with E-state index in [1.807, 2.05) is 12.1 Å². The van der Waals surface area contributed by atoms with Crippen molar-refractivity contribution in [3.8, 4) is 0 Å². The first kappa shape index (κ1) is 16.0. The minimum Gasteiger partial charge on any atom is -0.355 e. The van der Waals surface area contributed by atoms with Crippen LogP contribution in [0.5, 0.6) is 0 Å². The summed E-state index contributed by atoms with van der Waals surface area (Å²) < 4.78 is 0. The highest BCUT2D eigenvalue weighted by Gasteiger charge is 2.30. The predicted molar refractivity (Wildman–Crippen MR) is 87.1 cm³/mol. The molecule has 0 radical (unpaired) electrons. The second-order valence-corrected chi connectivity index (χ2v) is 6.47. The van der Waals surface area contributed by atoms with Crippen molar-refractivity contribution < 1.29 is 4.79 Å². The van der Waals surface area contributed by atoms with Gasteiger partial charge >= 0.3 is 0 Å². The van der Waals surface area contributed by atoms with Crippen LogP contribution < -0.4 is 11.1 Å². The van der Waals surface area contributed by atoms with Crippen LogP contribution >= 0.6 is 0 Å². The molecule has 21 heavy (non-hydrogen) atoms. The maximum absolute atomic E-state index is 12.1. The number of nitrogens with two attached hydrogens (primary N) is 1. The van der Waals surface area contributed by atoms with Crippen molar-refractivity contribution in [2.24, 2.45) is 11.1 Å². The molecule has 1 aliphatic rings. The molecule has 1 fully saturated rings. The monoisotopic (exact) mass is 288 g/mol. The minimum atomic E-state index is 0.149. The average molecular weight is 288 g/mol. The summed E-state index contributed by atoms with van der Waals surface area (Å²) in [5, 5.41) is 3.11. The maximum atomic E-state index is 12.1. The zero-order chi connectivity index (χ0) is 15.1. The van der Waals surface area contributed by atoms with Crippen molar-refractivity contribution in [2.45, 2.75) is 51.9 Å². The molecule has 1 aromatic carbocycles. The Morgan fingerprint density at radius 2 is 1.95 bits per heavy atom. The molecule has 2 rings (SSSR count). The molecule has 0 saturated heterocycles. The van der Waals surface area contributed by atoms with E-state index in [9.17, 15) is 4.79 Å². The molecule has 0 heterocycles. The van der Waals surface area contributed by atoms with Gasteiger partial charge < -0.3 is 11.1 Å². The van der Waals surface area contributed by atoms with Crippen LogP contribution in [-0.2, 0) is 11.2 Å². The molecule has 0 spiro atoms. The summed E-state index contributed by atoms with van der Waals surface area (Å²) in [7, 11) is 0. The van der Waals surface area contributed by atoms with E-state index in [0.29, 0.717) is 13.0 Å². The van der Waals surface area contributed by atoms with Gasteiger partial charge in [-0.25, -0.2) is 0 Å². The Kier molecular flexibility index (Phi) is 5.80. The summed E-state index contributed by atoms with van der Waals surface area (Å²) in [6.07, 6.45) is 7.48. The van der Waals surface area contributed by atoms with Crippen LogP contribution in [0.15, 0.2) is 24.3 Å². The number of benzene rings is 1. The summed E-state index contributed by atoms with van der Waals surface area (Å²) in [4.78, 5) is 12.1. The zero-order valence-corrected chi connectivity index (χ0v) is 13.2. The van der Waals surface area contributed by atoms with Crippen LogP contribution in [0.2, 0.25) is 0 Å². The fraction of sp³-hybridized carbons (Fsp3) is 0.611. The fourth-order valence-electron chi connectivity index (χ4n) is 3.27. The van der Waals surface area contributed by atoms with Gasteiger partial charge in [0.05, 0.1) is 0 Å². The van der Waals surface area contributed by atoms with E-state index < -0.39 is 0 Å². The lowest BCUT2D eigenvalue weighted by molar-refractivity contribution is -0.121. The zero-order valence-electron chi connectivity index (χ0n) is 13.2. The second-order valence-electron chi connectivity index (χ2n) is 6.47. The van der Waals surface area contributed by atoms with Gasteiger partial charge in [-0.15, -0.1) is 0 Å². The lowest BCUT2D eigenvalue weighted by atomic mass is 9.74. The lowest BCUT2D eigenvalue weighted by Crippen LogP contribution is -2.43. The Morgan fingerprint density at radius 1 is 1.24 bits per heavy atom. The summed E-state index contributed by atoms with van der Waals surface area (Å²) in [5.41, 5.74) is 8.63. The first-order valence-electron chi connectivity index (χ1n) is 8.16. The average Bonchev–Trinajstić information content (AvgIpc) is 2.53. The number of carbonyl (C=O) groups excluding carboxylic acids is 1. The Bertz CT molecular complexity index is 464. The van der Waals surface area contributed by atoms with E-state index in [2.05, 4.69) is 24.4 Å². The minimum absolute atomic E-state index is 0.149. The van der Waals surface area contributed by atoms with Crippen LogP contribution in [-0.4, -0.2) is 19.0 Å². The molecule has 0 aromatic heterocycles. The molecule has 3 N–H and O–H groups in total. The SMILES string of the molecule is Cc1ccccc1CCC(=O)NCC1(CN)CCCCC1. The first-order valence-corrected chi connectivity index (χ1v) is 8.16. The third-order valence-electron chi connectivity index (χ3n) is 4.89. The van der Waals surface area contributed by atoms with Crippen molar-refractivity contribution in [1.29, 1.82) is 0 Å². The molecule has 3 heteroatoms. The van der Waals surface area contributed by atoms with Gasteiger partial charge in [-0.1, -0.05) is 43.5 Å². The number of carbonyl (C=O) groups is 1. The third-order valence-corrected chi connectivity index (χ3v) is 4.89. The van der Waals surface area contributed by atoms with Gasteiger partial charge in [0.2, 0.25) is 5.91 Å². The first-order chi connectivity index (χ1) is 10.2. The van der Waals surface area contributed by atoms with E-state index in [1.54, 1.807) is 0 Å². The Balaban J connectivity index is 1.78. The summed E-state index contributed by atoms with van der Waals surface area (Å²) in [6, 6.07) is 8.27. The molecule has 0 unspecified atom stereocenters. The van der Waals surface area contributed by atoms with Crippen LogP contribution in [0.4, 0.5) is 0 Å². The standard InChI is InChI=1S/C18H28N2O/c1-15-7-3-4-8-16(15)9-10-17(21)20-14-18(13-19)11-5-2-6-12-18/h3-4,7-8H,2,5-6,9-14,19H2,1H3,(H,20,21). The number of amides is 1. The molecule has 1 saturated carbocycles. The molecular formula is C18H28N2O. The Hall–Kier alpha value is -1.35. The summed E-state index contributed by atoms with van der Waals surface area (Å²) in [6.45, 7) is 3.53. The van der Waals surface area contributed by atoms with Gasteiger partial charge in [-0.05, 0) is 49.3 Å². The van der Waals surface area contributed by atoms with E-state index in [1.165, 1.54) is 30.4 Å². The molecule has 1 aromatic rings. The van der Waals surface area contributed by atoms with Gasteiger partial charge in [0.1, 0.15) is 0 Å². The summed E-state index contributed by atoms with van der Waals surface area (Å²) in [5.74, 6) is 0.150. The van der Waals surface area contributed by atoms with E-state index >= 15 is 0 Å². The Morgan fingerprint density at radius 3 is 2.62 bits per heavy atom. The van der Waals surface area contributed by atoms with Crippen LogP contribution in [0.3, 0.4) is 0 Å². The highest BCUT2D eigenvalue weighted by atomic mass is 16.1. The highest BCUT2D eigenvalue weighted by Crippen LogP contribution is 2.34. The quantitative estimate of drug-likeness (QED) is 0.845. The number of rotatable bonds is 6. The number of aryl methyl sites for hydroxylation is 2. The highest BCUT2D eigenvalue weighted by molar-refractivity contribution is 5.76. The third kappa shape index (κ3) is 4.57. The van der Waals surface area contributed by atoms with E-state index in [-0.39, 0.29) is 11.3 Å². The molecule has 0 aliphatic heterocycles. The maximum Gasteiger partial charge on any atom is 0.220 e. The molecule has 116 valence electrons. The molecular weight excluding hydrogens is 260 g/mol. The predicted octanol–water partition coefficient (Wildman–Crippen LogP) is 2.95. The smallest absolute Gasteiger partial charge is 0.220 e. The number of hydrogen-bond donors (Lipinski definition) is 2. The van der Waals surface area contributed by atoms with Crippen LogP contribution in [0, 0.1) is 12.3 Å². The van der Waals surface area contributed by atoms with Crippen molar-refractivity contribution in [3.05, 3.63) is 35.4 Å². The fourth-order valence-corrected chi connectivity index (χ4v) is 3.27. The lowest BCUT2D eigenvalue weighted by Gasteiger charge is -2.36. The van der Waals surface area contributed by atoms with Crippen LogP contribution in [0.25, 0.3) is 0 Å². The van der Waals surface area contributed by atoms with Gasteiger partial charge in [-0.3, -0.25) is 4.79 Å². The number of hydrogen-bond acceptors (Lipinski definition) is 2. The normalized spacial score (nSPS) is 17.4. The summed E-state index contributed by atoms with van der Waals surface area (Å²) >= 11 is 0. The largest absolute Gasteiger partial charge is 0.355 e. The molecule has 1 aliphatic carbocycles. The van der Waals surface area contributed by atoms with Gasteiger partial charge in [0, 0.05) is 13.0 Å². The van der Waals surface area contributed by atoms with E-state index in [4.69, 9.17) is 5.73 Å². The van der Waals surface area contributed by atoms with Gasteiger partial charge in [-0.2, -0.15) is 0 Å². The molecule has 0 atom stereocenters. The molecule has 1 amide bonds. The number of nitrogens with one attached hydrogen (secondary N) is 1. The molecule has 3 nitrogen and oxygen atoms in total. The Labute approximate surface area is 128 Å². The van der Waals surface area contributed by atoms with Gasteiger partial charge in [0.15, 0.2) is 0 Å². The molecule has 0 bridgehead atoms. The van der Waals surface area contributed by atoms with Crippen molar-refractivity contribution in [2.75, 3.05) is 13.1 Å². The van der Waals surface area contributed by atoms with Crippen LogP contribution in [0.1, 0.15) is 49.7 Å². The van der Waals surface area contributed by atoms with Crippen molar-refractivity contribution in [3.63, 3.8) is 0 Å². The van der Waals surface area contributed by atoms with Crippen molar-refractivity contribution >= 4 is 5.91 Å². The second kappa shape index (κ2) is 7.60.